The molecule has 0 aromatic rings. The van der Waals surface area contributed by atoms with Crippen molar-refractivity contribution in [2.45, 2.75) is 213 Å². The second-order valence-electron chi connectivity index (χ2n) is 20.4. The van der Waals surface area contributed by atoms with Gasteiger partial charge in [-0.05, 0) is 103 Å². The van der Waals surface area contributed by atoms with E-state index in [1.54, 1.807) is 20.8 Å². The lowest BCUT2D eigenvalue weighted by atomic mass is 9.72. The summed E-state index contributed by atoms with van der Waals surface area (Å²) in [4.78, 5) is 40.4. The van der Waals surface area contributed by atoms with Crippen molar-refractivity contribution in [2.24, 2.45) is 46.8 Å². The Balaban J connectivity index is 1.40. The third-order valence-corrected chi connectivity index (χ3v) is 16.4. The van der Waals surface area contributed by atoms with E-state index < -0.39 is 94.4 Å². The standard InChI is InChI=1S/C47H78ClNO11/c1-13-32(41(52)53)34-17-16-26(4)39(57-34)30(8)37(50)29(7)38(51)33(14-2)40-27(5)24-28(6)46(58-40)21-18-35(49-42(54)43(10,11)25-48)47(60-46)23-22-44(12,59-47)36-19-20-45(55,15-3)31(9)56-36/h18,21,26-37,39-40,50,55H,13-17,19-20,22-25H2,1-12H3,(H,49,54)(H,52,53)/t26-,27-,28+,29-,30-,31-,32+,33?,34+,35+,36+,37+,39+,40-,44-,45+,46-,47-/m0/s1. The Bertz CT molecular complexity index is 1560. The van der Waals surface area contributed by atoms with Crippen LogP contribution in [-0.4, -0.2) is 104 Å². The first-order chi connectivity index (χ1) is 28.0. The van der Waals surface area contributed by atoms with E-state index >= 15 is 0 Å². The maximum absolute atomic E-state index is 14.7. The maximum atomic E-state index is 14.7. The first-order valence-corrected chi connectivity index (χ1v) is 23.6. The van der Waals surface area contributed by atoms with Crippen LogP contribution in [-0.2, 0) is 38.1 Å². The molecular formula is C47H78ClNO11. The molecule has 2 spiro atoms. The van der Waals surface area contributed by atoms with Crippen molar-refractivity contribution in [3.63, 3.8) is 0 Å². The molecule has 0 aliphatic carbocycles. The summed E-state index contributed by atoms with van der Waals surface area (Å²) < 4.78 is 34.5. The van der Waals surface area contributed by atoms with Crippen LogP contribution in [0.3, 0.4) is 0 Å². The van der Waals surface area contributed by atoms with Crippen molar-refractivity contribution in [1.29, 1.82) is 0 Å². The Morgan fingerprint density at radius 2 is 1.58 bits per heavy atom. The lowest BCUT2D eigenvalue weighted by Crippen LogP contribution is -2.66. The van der Waals surface area contributed by atoms with E-state index in [9.17, 15) is 29.7 Å². The van der Waals surface area contributed by atoms with Gasteiger partial charge in [0.05, 0.1) is 59.2 Å². The third kappa shape index (κ3) is 9.43. The van der Waals surface area contributed by atoms with Gasteiger partial charge in [-0.2, -0.15) is 0 Å². The smallest absolute Gasteiger partial charge is 0.309 e. The number of nitrogens with one attached hydrogen (secondary N) is 1. The maximum Gasteiger partial charge on any atom is 0.309 e. The fourth-order valence-electron chi connectivity index (χ4n) is 11.1. The SMILES string of the molecule is CCC(C(=O)[C@@H](C)[C@@H](O)[C@H](C)[C@@H]1O[C@@H]([C@@H](CC)C(=O)O)CC[C@@H]1C)[C@H]1O[C@]2(C=C[C@@H](NC(=O)C(C)(C)CCl)[C@]3(CC[C@@](C)([C@H]4CC[C@](O)(CC)[C@H](C)O4)O3)O2)[C@H](C)C[C@@H]1C. The zero-order valence-electron chi connectivity index (χ0n) is 38.5. The number of hydrogen-bond acceptors (Lipinski definition) is 10. The number of aliphatic hydroxyl groups excluding tert-OH is 1. The molecular weight excluding hydrogens is 790 g/mol. The molecule has 18 atom stereocenters. The number of halogens is 1. The van der Waals surface area contributed by atoms with Crippen molar-refractivity contribution in [1.82, 2.24) is 5.32 Å². The Hall–Kier alpha value is -1.64. The van der Waals surface area contributed by atoms with Gasteiger partial charge in [-0.25, -0.2) is 0 Å². The fourth-order valence-corrected chi connectivity index (χ4v) is 11.2. The highest BCUT2D eigenvalue weighted by Gasteiger charge is 2.64. The number of carboxylic acid groups (broad SMARTS) is 1. The molecule has 0 radical (unpaired) electrons. The van der Waals surface area contributed by atoms with E-state index in [1.165, 1.54) is 0 Å². The molecule has 0 aromatic heterocycles. The Morgan fingerprint density at radius 3 is 2.17 bits per heavy atom. The number of amides is 1. The van der Waals surface area contributed by atoms with Gasteiger partial charge in [-0.3, -0.25) is 14.4 Å². The van der Waals surface area contributed by atoms with Crippen LogP contribution in [0.1, 0.15) is 147 Å². The monoisotopic (exact) mass is 868 g/mol. The molecule has 4 fully saturated rings. The van der Waals surface area contributed by atoms with Crippen LogP contribution in [0.25, 0.3) is 0 Å². The van der Waals surface area contributed by atoms with Gasteiger partial charge in [-0.1, -0.05) is 61.5 Å². The topological polar surface area (TPSA) is 170 Å². The molecule has 4 N–H and O–H groups in total. The summed E-state index contributed by atoms with van der Waals surface area (Å²) in [5.41, 5.74) is -2.58. The summed E-state index contributed by atoms with van der Waals surface area (Å²) in [7, 11) is 0. The van der Waals surface area contributed by atoms with E-state index in [1.807, 2.05) is 53.7 Å². The van der Waals surface area contributed by atoms with E-state index in [0.29, 0.717) is 57.8 Å². The van der Waals surface area contributed by atoms with Crippen molar-refractivity contribution in [2.75, 3.05) is 5.88 Å². The number of aliphatic carboxylic acids is 1. The molecule has 0 saturated carbocycles. The highest BCUT2D eigenvalue weighted by Crippen LogP contribution is 2.54. The molecule has 4 saturated heterocycles. The Labute approximate surface area is 364 Å². The van der Waals surface area contributed by atoms with Crippen LogP contribution in [0.4, 0.5) is 0 Å². The van der Waals surface area contributed by atoms with Crippen molar-refractivity contribution in [3.8, 4) is 0 Å². The largest absolute Gasteiger partial charge is 0.481 e. The van der Waals surface area contributed by atoms with E-state index in [0.717, 1.165) is 6.42 Å². The van der Waals surface area contributed by atoms with Crippen LogP contribution in [0, 0.1) is 46.8 Å². The second-order valence-corrected chi connectivity index (χ2v) is 20.7. The van der Waals surface area contributed by atoms with Gasteiger partial charge in [-0.15, -0.1) is 11.6 Å². The van der Waals surface area contributed by atoms with Gasteiger partial charge in [0.2, 0.25) is 5.91 Å². The average molecular weight is 869 g/mol. The minimum atomic E-state index is -1.34. The lowest BCUT2D eigenvalue weighted by molar-refractivity contribution is -0.398. The van der Waals surface area contributed by atoms with Gasteiger partial charge in [0.15, 0.2) is 11.6 Å². The molecule has 5 aliphatic heterocycles. The van der Waals surface area contributed by atoms with Crippen LogP contribution in [0.15, 0.2) is 12.2 Å². The fraction of sp³-hybridized carbons (Fsp3) is 0.894. The molecule has 344 valence electrons. The first-order valence-electron chi connectivity index (χ1n) is 23.1. The molecule has 13 heteroatoms. The van der Waals surface area contributed by atoms with Gasteiger partial charge in [0.1, 0.15) is 11.8 Å². The van der Waals surface area contributed by atoms with E-state index in [2.05, 4.69) is 26.1 Å². The molecule has 60 heavy (non-hydrogen) atoms. The Kier molecular flexibility index (Phi) is 15.5. The molecule has 5 aliphatic rings. The number of carboxylic acids is 1. The highest BCUT2D eigenvalue weighted by molar-refractivity contribution is 6.19. The predicted octanol–water partition coefficient (Wildman–Crippen LogP) is 7.58. The quantitative estimate of drug-likeness (QED) is 0.0946. The molecule has 0 bridgehead atoms. The summed E-state index contributed by atoms with van der Waals surface area (Å²) >= 11 is 6.26. The van der Waals surface area contributed by atoms with Gasteiger partial charge in [0.25, 0.3) is 0 Å². The molecule has 1 amide bonds. The summed E-state index contributed by atoms with van der Waals surface area (Å²) in [6, 6.07) is -0.686. The summed E-state index contributed by atoms with van der Waals surface area (Å²) in [6.07, 6.45) is 6.48. The van der Waals surface area contributed by atoms with E-state index in [4.69, 9.17) is 35.3 Å². The van der Waals surface area contributed by atoms with Crippen molar-refractivity contribution in [3.05, 3.63) is 12.2 Å². The van der Waals surface area contributed by atoms with Crippen molar-refractivity contribution >= 4 is 29.3 Å². The average Bonchev–Trinajstić information content (AvgIpc) is 3.55. The zero-order chi connectivity index (χ0) is 44.7. The predicted molar refractivity (Wildman–Crippen MR) is 229 cm³/mol. The number of carbonyl (C=O) groups excluding carboxylic acids is 2. The van der Waals surface area contributed by atoms with Crippen molar-refractivity contribution < 1.29 is 53.4 Å². The molecule has 0 aromatic carbocycles. The second kappa shape index (κ2) is 18.8. The van der Waals surface area contributed by atoms with Crippen LogP contribution in [0.2, 0.25) is 0 Å². The number of ether oxygens (including phenoxy) is 5. The zero-order valence-corrected chi connectivity index (χ0v) is 39.3. The van der Waals surface area contributed by atoms with Gasteiger partial charge in [0, 0.05) is 36.0 Å². The van der Waals surface area contributed by atoms with Gasteiger partial charge < -0.3 is 44.3 Å². The number of hydrogen-bond donors (Lipinski definition) is 4. The molecule has 1 unspecified atom stereocenters. The summed E-state index contributed by atoms with van der Waals surface area (Å²) in [6.45, 7) is 23.2. The Morgan fingerprint density at radius 1 is 0.917 bits per heavy atom. The molecule has 12 nitrogen and oxygen atoms in total. The molecule has 5 rings (SSSR count). The number of rotatable bonds is 15. The van der Waals surface area contributed by atoms with Crippen LogP contribution >= 0.6 is 11.6 Å². The van der Waals surface area contributed by atoms with Crippen LogP contribution in [0.5, 0.6) is 0 Å². The highest BCUT2D eigenvalue weighted by atomic mass is 35.5. The minimum absolute atomic E-state index is 0.0233. The number of ketones is 1. The summed E-state index contributed by atoms with van der Waals surface area (Å²) in [5.74, 6) is -6.16. The number of alkyl halides is 1. The summed E-state index contributed by atoms with van der Waals surface area (Å²) in [5, 5.41) is 36.1. The minimum Gasteiger partial charge on any atom is -0.481 e. The van der Waals surface area contributed by atoms with Crippen LogP contribution < -0.4 is 5.32 Å². The number of carbonyl (C=O) groups is 3. The first kappa shape index (κ1) is 49.4. The number of aliphatic hydroxyl groups is 2. The third-order valence-electron chi connectivity index (χ3n) is 15.7. The lowest BCUT2D eigenvalue weighted by Gasteiger charge is -2.55. The van der Waals surface area contributed by atoms with Gasteiger partial charge >= 0.3 is 5.97 Å². The van der Waals surface area contributed by atoms with E-state index in [-0.39, 0.29) is 41.4 Å². The molecule has 5 heterocycles. The normalized spacial score (nSPS) is 42.4. The number of Topliss-reactive ketones (excluding diaryl/α,β-unsaturated/α-hetero) is 1.